The predicted molar refractivity (Wildman–Crippen MR) is 71.9 cm³/mol. The fraction of sp³-hybridized carbons (Fsp3) is 0.538. The molecule has 0 amide bonds. The summed E-state index contributed by atoms with van der Waals surface area (Å²) in [6, 6.07) is 5.56. The summed E-state index contributed by atoms with van der Waals surface area (Å²) >= 11 is 0. The zero-order valence-electron chi connectivity index (χ0n) is 10.3. The number of pyridine rings is 1. The van der Waals surface area contributed by atoms with Crippen LogP contribution in [0.4, 0.5) is 0 Å². The Bertz CT molecular complexity index is 399. The number of nitriles is 1. The maximum Gasteiger partial charge on any atom is 0.231 e. The molecule has 1 saturated heterocycles. The van der Waals surface area contributed by atoms with Crippen LogP contribution < -0.4 is 10.1 Å². The van der Waals surface area contributed by atoms with Gasteiger partial charge < -0.3 is 10.1 Å². The first-order chi connectivity index (χ1) is 8.40. The Balaban J connectivity index is 0.00000162. The number of nitrogens with zero attached hydrogens (tertiary/aromatic N) is 2. The molecule has 1 aromatic heterocycles. The number of rotatable bonds is 4. The molecule has 1 aliphatic rings. The van der Waals surface area contributed by atoms with Crippen molar-refractivity contribution in [2.75, 3.05) is 19.7 Å². The van der Waals surface area contributed by atoms with Crippen molar-refractivity contribution in [1.82, 2.24) is 10.3 Å². The van der Waals surface area contributed by atoms with E-state index in [-0.39, 0.29) is 12.4 Å². The lowest BCUT2D eigenvalue weighted by atomic mass is 9.95. The van der Waals surface area contributed by atoms with Gasteiger partial charge in [0.05, 0.1) is 6.61 Å². The number of nitrogens with one attached hydrogen (secondary N) is 1. The smallest absolute Gasteiger partial charge is 0.231 e. The highest BCUT2D eigenvalue weighted by atomic mass is 35.5. The first kappa shape index (κ1) is 14.7. The van der Waals surface area contributed by atoms with Gasteiger partial charge in [0.25, 0.3) is 0 Å². The molecule has 0 spiro atoms. The number of aromatic nitrogens is 1. The van der Waals surface area contributed by atoms with E-state index in [0.717, 1.165) is 25.4 Å². The maximum atomic E-state index is 8.89. The zero-order chi connectivity index (χ0) is 11.9. The largest absolute Gasteiger partial charge is 0.477 e. The van der Waals surface area contributed by atoms with Crippen LogP contribution in [0.15, 0.2) is 18.3 Å². The molecular formula is C13H18ClN3O. The van der Waals surface area contributed by atoms with Crippen LogP contribution in [-0.4, -0.2) is 24.7 Å². The fourth-order valence-corrected chi connectivity index (χ4v) is 2.08. The molecule has 1 N–H and O–H groups in total. The van der Waals surface area contributed by atoms with Gasteiger partial charge in [0.15, 0.2) is 0 Å². The third kappa shape index (κ3) is 4.17. The fourth-order valence-electron chi connectivity index (χ4n) is 2.08. The Hall–Kier alpha value is -1.31. The molecule has 0 atom stereocenters. The second-order valence-electron chi connectivity index (χ2n) is 4.30. The van der Waals surface area contributed by atoms with Crippen LogP contribution in [0.5, 0.6) is 5.88 Å². The molecule has 0 bridgehead atoms. The van der Waals surface area contributed by atoms with Gasteiger partial charge in [0.2, 0.25) is 5.88 Å². The quantitative estimate of drug-likeness (QED) is 0.908. The molecule has 0 radical (unpaired) electrons. The number of hydrogen-bond donors (Lipinski definition) is 1. The van der Waals surface area contributed by atoms with E-state index in [9.17, 15) is 0 Å². The highest BCUT2D eigenvalue weighted by Crippen LogP contribution is 2.18. The van der Waals surface area contributed by atoms with Crippen LogP contribution in [0.1, 0.15) is 24.8 Å². The predicted octanol–water partition coefficient (Wildman–Crippen LogP) is 2.14. The van der Waals surface area contributed by atoms with Gasteiger partial charge in [-0.3, -0.25) is 0 Å². The molecule has 0 unspecified atom stereocenters. The second kappa shape index (κ2) is 7.91. The lowest BCUT2D eigenvalue weighted by Gasteiger charge is -2.22. The van der Waals surface area contributed by atoms with Crippen LogP contribution in [0.25, 0.3) is 0 Å². The highest BCUT2D eigenvalue weighted by Gasteiger charge is 2.13. The summed E-state index contributed by atoms with van der Waals surface area (Å²) in [5, 5.41) is 12.2. The lowest BCUT2D eigenvalue weighted by molar-refractivity contribution is 0.245. The van der Waals surface area contributed by atoms with Crippen molar-refractivity contribution < 1.29 is 4.74 Å². The van der Waals surface area contributed by atoms with E-state index in [0.29, 0.717) is 18.1 Å². The molecule has 98 valence electrons. The average molecular weight is 268 g/mol. The number of piperidine rings is 1. The minimum Gasteiger partial charge on any atom is -0.477 e. The van der Waals surface area contributed by atoms with Gasteiger partial charge in [-0.25, -0.2) is 4.98 Å². The van der Waals surface area contributed by atoms with E-state index in [1.165, 1.54) is 12.8 Å². The summed E-state index contributed by atoms with van der Waals surface area (Å²) in [6.45, 7) is 2.87. The van der Waals surface area contributed by atoms with Crippen LogP contribution in [0, 0.1) is 17.2 Å². The summed E-state index contributed by atoms with van der Waals surface area (Å²) in [5.74, 6) is 1.20. The summed E-state index contributed by atoms with van der Waals surface area (Å²) in [7, 11) is 0. The lowest BCUT2D eigenvalue weighted by Crippen LogP contribution is -2.28. The van der Waals surface area contributed by atoms with E-state index in [1.54, 1.807) is 18.3 Å². The van der Waals surface area contributed by atoms with Crippen LogP contribution >= 0.6 is 12.4 Å². The normalized spacial score (nSPS) is 15.5. The molecule has 2 rings (SSSR count). The standard InChI is InChI=1S/C13H17N3O.ClH/c14-10-12-2-1-6-16-13(12)17-9-5-11-3-7-15-8-4-11;/h1-2,6,11,15H,3-5,7-9H2;1H. The van der Waals surface area contributed by atoms with E-state index in [4.69, 9.17) is 10.00 Å². The monoisotopic (exact) mass is 267 g/mol. The van der Waals surface area contributed by atoms with Gasteiger partial charge in [0.1, 0.15) is 11.6 Å². The third-order valence-electron chi connectivity index (χ3n) is 3.12. The minimum absolute atomic E-state index is 0. The van der Waals surface area contributed by atoms with Gasteiger partial charge in [-0.15, -0.1) is 12.4 Å². The summed E-state index contributed by atoms with van der Waals surface area (Å²) in [5.41, 5.74) is 0.512. The highest BCUT2D eigenvalue weighted by molar-refractivity contribution is 5.85. The molecule has 1 aromatic rings. The molecule has 0 saturated carbocycles. The molecule has 5 heteroatoms. The number of hydrogen-bond acceptors (Lipinski definition) is 4. The van der Waals surface area contributed by atoms with Crippen LogP contribution in [-0.2, 0) is 0 Å². The molecule has 4 nitrogen and oxygen atoms in total. The molecule has 18 heavy (non-hydrogen) atoms. The van der Waals surface area contributed by atoms with Gasteiger partial charge in [-0.2, -0.15) is 5.26 Å². The first-order valence-electron chi connectivity index (χ1n) is 6.09. The third-order valence-corrected chi connectivity index (χ3v) is 3.12. The van der Waals surface area contributed by atoms with E-state index >= 15 is 0 Å². The van der Waals surface area contributed by atoms with E-state index in [2.05, 4.69) is 16.4 Å². The zero-order valence-corrected chi connectivity index (χ0v) is 11.1. The van der Waals surface area contributed by atoms with Gasteiger partial charge in [0, 0.05) is 6.20 Å². The first-order valence-corrected chi connectivity index (χ1v) is 6.09. The van der Waals surface area contributed by atoms with Crippen LogP contribution in [0.3, 0.4) is 0 Å². The minimum atomic E-state index is 0. The van der Waals surface area contributed by atoms with Crippen molar-refractivity contribution >= 4 is 12.4 Å². The van der Waals surface area contributed by atoms with E-state index < -0.39 is 0 Å². The van der Waals surface area contributed by atoms with E-state index in [1.807, 2.05) is 0 Å². The van der Waals surface area contributed by atoms with Gasteiger partial charge >= 0.3 is 0 Å². The molecule has 0 aromatic carbocycles. The second-order valence-corrected chi connectivity index (χ2v) is 4.30. The molecule has 0 aliphatic carbocycles. The number of halogens is 1. The topological polar surface area (TPSA) is 57.9 Å². The Morgan fingerprint density at radius 1 is 1.44 bits per heavy atom. The Morgan fingerprint density at radius 3 is 2.94 bits per heavy atom. The van der Waals surface area contributed by atoms with Gasteiger partial charge in [-0.1, -0.05) is 0 Å². The summed E-state index contributed by atoms with van der Waals surface area (Å²) < 4.78 is 5.58. The van der Waals surface area contributed by atoms with Crippen molar-refractivity contribution in [3.8, 4) is 11.9 Å². The Kier molecular flexibility index (Phi) is 6.48. The Morgan fingerprint density at radius 2 is 2.22 bits per heavy atom. The maximum absolute atomic E-state index is 8.89. The molecule has 1 fully saturated rings. The molecule has 1 aliphatic heterocycles. The van der Waals surface area contributed by atoms with Gasteiger partial charge in [-0.05, 0) is 50.4 Å². The average Bonchev–Trinajstić information content (AvgIpc) is 2.40. The van der Waals surface area contributed by atoms with Crippen molar-refractivity contribution in [1.29, 1.82) is 5.26 Å². The van der Waals surface area contributed by atoms with Crippen LogP contribution in [0.2, 0.25) is 0 Å². The Labute approximate surface area is 114 Å². The van der Waals surface area contributed by atoms with Crippen molar-refractivity contribution in [3.05, 3.63) is 23.9 Å². The molecule has 2 heterocycles. The number of ether oxygens (including phenoxy) is 1. The molecular weight excluding hydrogens is 250 g/mol. The van der Waals surface area contributed by atoms with Crippen molar-refractivity contribution in [3.63, 3.8) is 0 Å². The SMILES string of the molecule is Cl.N#Cc1cccnc1OCCC1CCNCC1. The summed E-state index contributed by atoms with van der Waals surface area (Å²) in [4.78, 5) is 4.08. The summed E-state index contributed by atoms with van der Waals surface area (Å²) in [6.07, 6.45) is 5.14. The van der Waals surface area contributed by atoms with Crippen molar-refractivity contribution in [2.24, 2.45) is 5.92 Å². The van der Waals surface area contributed by atoms with Crippen molar-refractivity contribution in [2.45, 2.75) is 19.3 Å².